The van der Waals surface area contributed by atoms with Gasteiger partial charge in [-0.1, -0.05) is 23.7 Å². The molecule has 84 valence electrons. The predicted octanol–water partition coefficient (Wildman–Crippen LogP) is 2.14. The average molecular weight is 254 g/mol. The molecule has 0 bridgehead atoms. The lowest BCUT2D eigenvalue weighted by Gasteiger charge is -2.17. The van der Waals surface area contributed by atoms with E-state index in [1.54, 1.807) is 24.3 Å². The maximum Gasteiger partial charge on any atom is 0.149 e. The fourth-order valence-electron chi connectivity index (χ4n) is 1.18. The van der Waals surface area contributed by atoms with Gasteiger partial charge in [0.05, 0.1) is 17.9 Å². The van der Waals surface area contributed by atoms with E-state index in [0.717, 1.165) is 0 Å². The molecule has 1 unspecified atom stereocenters. The molecule has 0 aromatic heterocycles. The highest BCUT2D eigenvalue weighted by Gasteiger charge is 2.22. The number of benzene rings is 1. The number of nitrogens with one attached hydrogen (secondary N) is 1. The lowest BCUT2D eigenvalue weighted by molar-refractivity contribution is 0.217. The molecule has 0 spiro atoms. The van der Waals surface area contributed by atoms with Gasteiger partial charge in [0.1, 0.15) is 12.8 Å². The molecule has 1 rings (SSSR count). The van der Waals surface area contributed by atoms with E-state index >= 15 is 0 Å². The van der Waals surface area contributed by atoms with Crippen LogP contribution in [0, 0.1) is 0 Å². The Hall–Kier alpha value is -0.520. The molecule has 2 nitrogen and oxygen atoms in total. The Balaban J connectivity index is 2.88. The van der Waals surface area contributed by atoms with Crippen LogP contribution < -0.4 is 4.72 Å². The number of alkyl halides is 2. The third kappa shape index (κ3) is 3.52. The zero-order chi connectivity index (χ0) is 11.3. The van der Waals surface area contributed by atoms with Crippen molar-refractivity contribution in [2.45, 2.75) is 12.2 Å². The second-order valence-corrected chi connectivity index (χ2v) is 3.80. The quantitative estimate of drug-likeness (QED) is 0.774. The van der Waals surface area contributed by atoms with Crippen molar-refractivity contribution in [3.05, 3.63) is 34.9 Å². The molecule has 0 radical (unpaired) electrons. The van der Waals surface area contributed by atoms with Crippen LogP contribution in [0.4, 0.5) is 8.78 Å². The molecular weight excluding hydrogens is 244 g/mol. The third-order valence-corrected chi connectivity index (χ3v) is 2.57. The van der Waals surface area contributed by atoms with Gasteiger partial charge in [-0.2, -0.15) is 0 Å². The summed E-state index contributed by atoms with van der Waals surface area (Å²) in [6.45, 7) is -1.13. The molecule has 2 atom stereocenters. The maximum absolute atomic E-state index is 13.2. The van der Waals surface area contributed by atoms with Gasteiger partial charge in [0, 0.05) is 5.02 Å². The molecule has 0 aliphatic heterocycles. The first-order valence-corrected chi connectivity index (χ1v) is 5.41. The fourth-order valence-corrected chi connectivity index (χ4v) is 1.73. The second-order valence-electron chi connectivity index (χ2n) is 2.92. The molecule has 0 heterocycles. The van der Waals surface area contributed by atoms with Gasteiger partial charge in [0.25, 0.3) is 0 Å². The van der Waals surface area contributed by atoms with Crippen LogP contribution in [-0.4, -0.2) is 17.1 Å². The second kappa shape index (κ2) is 6.15. The summed E-state index contributed by atoms with van der Waals surface area (Å²) < 4.78 is 38.0. The van der Waals surface area contributed by atoms with Crippen LogP contribution in [0.25, 0.3) is 0 Å². The summed E-state index contributed by atoms with van der Waals surface area (Å²) in [6, 6.07) is 5.34. The van der Waals surface area contributed by atoms with Crippen molar-refractivity contribution in [1.29, 1.82) is 0 Å². The maximum atomic E-state index is 13.2. The highest BCUT2D eigenvalue weighted by Crippen LogP contribution is 2.21. The molecular formula is C9H10ClF2NOS. The zero-order valence-corrected chi connectivity index (χ0v) is 9.31. The third-order valence-electron chi connectivity index (χ3n) is 1.93. The van der Waals surface area contributed by atoms with E-state index in [1.807, 2.05) is 0 Å². The first kappa shape index (κ1) is 12.5. The van der Waals surface area contributed by atoms with Crippen LogP contribution in [0.3, 0.4) is 0 Å². The van der Waals surface area contributed by atoms with Crippen molar-refractivity contribution in [2.24, 2.45) is 0 Å². The number of thiol groups is 1. The summed E-state index contributed by atoms with van der Waals surface area (Å²) in [5.41, 5.74) is 0.507. The van der Waals surface area contributed by atoms with Crippen LogP contribution in [0.5, 0.6) is 0 Å². The number of hydrogen-bond donors (Lipinski definition) is 2. The monoisotopic (exact) mass is 253 g/mol. The molecule has 0 saturated heterocycles. The summed E-state index contributed by atoms with van der Waals surface area (Å²) in [4.78, 5) is 0. The smallest absolute Gasteiger partial charge is 0.149 e. The number of halogens is 3. The largest absolute Gasteiger partial charge is 0.248 e. The average Bonchev–Trinajstić information content (AvgIpc) is 2.26. The van der Waals surface area contributed by atoms with Gasteiger partial charge in [-0.05, 0) is 17.7 Å². The molecule has 1 aromatic carbocycles. The summed E-state index contributed by atoms with van der Waals surface area (Å²) >= 11 is 5.22. The van der Waals surface area contributed by atoms with Crippen LogP contribution in [0.1, 0.15) is 11.6 Å². The summed E-state index contributed by atoms with van der Waals surface area (Å²) in [5.74, 6) is 0. The minimum Gasteiger partial charge on any atom is -0.248 e. The lowest BCUT2D eigenvalue weighted by Crippen LogP contribution is -2.28. The zero-order valence-electron chi connectivity index (χ0n) is 7.66. The number of hydrogen-bond acceptors (Lipinski definition) is 1. The molecule has 6 heteroatoms. The van der Waals surface area contributed by atoms with Gasteiger partial charge in [-0.15, -0.1) is 0 Å². The van der Waals surface area contributed by atoms with Crippen molar-refractivity contribution in [2.75, 3.05) is 6.67 Å². The highest BCUT2D eigenvalue weighted by atomic mass is 35.5. The van der Waals surface area contributed by atoms with E-state index in [4.69, 9.17) is 11.6 Å². The van der Waals surface area contributed by atoms with Gasteiger partial charge in [-0.3, -0.25) is 0 Å². The predicted molar refractivity (Wildman–Crippen MR) is 57.7 cm³/mol. The van der Waals surface area contributed by atoms with Gasteiger partial charge in [0.15, 0.2) is 0 Å². The van der Waals surface area contributed by atoms with Gasteiger partial charge in [-0.25, -0.2) is 17.7 Å². The van der Waals surface area contributed by atoms with E-state index in [9.17, 15) is 13.0 Å². The topological polar surface area (TPSA) is 29.1 Å². The molecule has 0 aliphatic carbocycles. The van der Waals surface area contributed by atoms with Crippen molar-refractivity contribution in [1.82, 2.24) is 4.72 Å². The van der Waals surface area contributed by atoms with E-state index in [0.29, 0.717) is 10.6 Å². The standard InChI is InChI=1S/C9H10ClF2NOS/c10-7-3-1-6(2-4-7)9(13-15-14)8(12)5-11/h1-4,8-9,15H,5H2,(H,13,14)/t8?,9-/m1/s1. The van der Waals surface area contributed by atoms with Crippen LogP contribution >= 0.6 is 11.6 Å². The molecule has 1 aromatic rings. The Morgan fingerprint density at radius 1 is 1.40 bits per heavy atom. The van der Waals surface area contributed by atoms with E-state index in [-0.39, 0.29) is 0 Å². The van der Waals surface area contributed by atoms with Crippen LogP contribution in [0.15, 0.2) is 24.3 Å². The molecule has 0 fully saturated rings. The van der Waals surface area contributed by atoms with Gasteiger partial charge in [0.2, 0.25) is 0 Å². The summed E-state index contributed by atoms with van der Waals surface area (Å²) in [5, 5.41) is 0.507. The molecule has 1 N–H and O–H groups in total. The lowest BCUT2D eigenvalue weighted by atomic mass is 10.0. The van der Waals surface area contributed by atoms with Gasteiger partial charge >= 0.3 is 0 Å². The minimum absolute atomic E-state index is 0.435. The fraction of sp³-hybridized carbons (Fsp3) is 0.333. The molecule has 0 amide bonds. The number of rotatable bonds is 5. The Labute approximate surface area is 95.3 Å². The SMILES string of the molecule is O=[SH]N[C@H](c1ccc(Cl)cc1)C(F)CF. The van der Waals surface area contributed by atoms with Crippen LogP contribution in [0.2, 0.25) is 5.02 Å². The summed E-state index contributed by atoms with van der Waals surface area (Å²) in [7, 11) is 0. The van der Waals surface area contributed by atoms with Crippen molar-refractivity contribution < 1.29 is 13.0 Å². The Morgan fingerprint density at radius 3 is 2.47 bits per heavy atom. The first-order valence-electron chi connectivity index (χ1n) is 4.22. The van der Waals surface area contributed by atoms with Crippen molar-refractivity contribution in [3.63, 3.8) is 0 Å². The van der Waals surface area contributed by atoms with Gasteiger partial charge < -0.3 is 0 Å². The van der Waals surface area contributed by atoms with Crippen LogP contribution in [-0.2, 0) is 11.9 Å². The summed E-state index contributed by atoms with van der Waals surface area (Å²) in [6.07, 6.45) is -1.73. The molecule has 15 heavy (non-hydrogen) atoms. The Bertz CT molecular complexity index is 322. The normalized spacial score (nSPS) is 14.9. The molecule has 0 aliphatic rings. The van der Waals surface area contributed by atoms with E-state index < -0.39 is 30.7 Å². The Morgan fingerprint density at radius 2 is 2.00 bits per heavy atom. The van der Waals surface area contributed by atoms with Crippen molar-refractivity contribution in [3.8, 4) is 0 Å². The minimum atomic E-state index is -1.73. The highest BCUT2D eigenvalue weighted by molar-refractivity contribution is 7.63. The van der Waals surface area contributed by atoms with Crippen molar-refractivity contribution >= 4 is 23.5 Å². The molecule has 0 saturated carbocycles. The Kier molecular flexibility index (Phi) is 5.14. The first-order chi connectivity index (χ1) is 7.19. The van der Waals surface area contributed by atoms with E-state index in [2.05, 4.69) is 4.72 Å². The van der Waals surface area contributed by atoms with E-state index in [1.165, 1.54) is 0 Å².